The zero-order valence-electron chi connectivity index (χ0n) is 14.2. The van der Waals surface area contributed by atoms with Gasteiger partial charge in [0.15, 0.2) is 21.3 Å². The van der Waals surface area contributed by atoms with Crippen LogP contribution in [-0.4, -0.2) is 76.2 Å². The summed E-state index contributed by atoms with van der Waals surface area (Å²) in [4.78, 5) is 4.40. The molecular formula is C16H23ClN2O4S. The Morgan fingerprint density at radius 1 is 1.17 bits per heavy atom. The Labute approximate surface area is 148 Å². The highest BCUT2D eigenvalue weighted by atomic mass is 35.5. The largest absolute Gasteiger partial charge is 0.493 e. The highest BCUT2D eigenvalue weighted by Gasteiger charge is 2.45. The number of hydrogen-bond acceptors (Lipinski definition) is 6. The van der Waals surface area contributed by atoms with E-state index in [-0.39, 0.29) is 23.6 Å². The van der Waals surface area contributed by atoms with E-state index in [0.29, 0.717) is 23.1 Å². The maximum absolute atomic E-state index is 12.1. The molecule has 6 nitrogen and oxygen atoms in total. The van der Waals surface area contributed by atoms with E-state index in [1.165, 1.54) is 0 Å². The van der Waals surface area contributed by atoms with Crippen molar-refractivity contribution >= 4 is 21.4 Å². The Morgan fingerprint density at radius 3 is 2.54 bits per heavy atom. The third-order valence-corrected chi connectivity index (χ3v) is 6.93. The van der Waals surface area contributed by atoms with Crippen LogP contribution in [0.15, 0.2) is 12.1 Å². The molecule has 2 aliphatic rings. The Balaban J connectivity index is 1.84. The number of sulfone groups is 1. The van der Waals surface area contributed by atoms with Gasteiger partial charge < -0.3 is 9.47 Å². The highest BCUT2D eigenvalue weighted by molar-refractivity contribution is 7.91. The topological polar surface area (TPSA) is 59.1 Å². The van der Waals surface area contributed by atoms with E-state index in [2.05, 4.69) is 9.80 Å². The smallest absolute Gasteiger partial charge is 0.179 e. The van der Waals surface area contributed by atoms with Crippen LogP contribution >= 0.6 is 11.6 Å². The molecule has 0 amide bonds. The van der Waals surface area contributed by atoms with Crippen LogP contribution in [0.5, 0.6) is 11.5 Å². The van der Waals surface area contributed by atoms with Gasteiger partial charge in [0.1, 0.15) is 0 Å². The fraction of sp³-hybridized carbons (Fsp3) is 0.625. The van der Waals surface area contributed by atoms with Gasteiger partial charge in [-0.15, -0.1) is 0 Å². The molecule has 2 atom stereocenters. The molecule has 0 bridgehead atoms. The number of piperazine rings is 1. The molecule has 134 valence electrons. The van der Waals surface area contributed by atoms with Crippen LogP contribution in [0, 0.1) is 0 Å². The van der Waals surface area contributed by atoms with Gasteiger partial charge in [-0.25, -0.2) is 8.42 Å². The molecule has 0 saturated carbocycles. The number of benzene rings is 1. The summed E-state index contributed by atoms with van der Waals surface area (Å²) >= 11 is 6.28. The predicted octanol–water partition coefficient (Wildman–Crippen LogP) is 1.27. The van der Waals surface area contributed by atoms with Crippen molar-refractivity contribution in [3.63, 3.8) is 0 Å². The first-order valence-electron chi connectivity index (χ1n) is 7.89. The van der Waals surface area contributed by atoms with Gasteiger partial charge in [0.2, 0.25) is 0 Å². The quantitative estimate of drug-likeness (QED) is 0.791. The summed E-state index contributed by atoms with van der Waals surface area (Å²) in [5, 5.41) is 0.497. The number of methoxy groups -OCH3 is 2. The fourth-order valence-corrected chi connectivity index (χ4v) is 6.09. The summed E-state index contributed by atoms with van der Waals surface area (Å²) in [7, 11) is 2.16. The number of halogens is 1. The van der Waals surface area contributed by atoms with Crippen LogP contribution < -0.4 is 9.47 Å². The normalized spacial score (nSPS) is 27.0. The van der Waals surface area contributed by atoms with E-state index < -0.39 is 9.84 Å². The molecule has 0 N–H and O–H groups in total. The van der Waals surface area contributed by atoms with Gasteiger partial charge in [-0.2, -0.15) is 0 Å². The number of likely N-dealkylation sites (N-methyl/N-ethyl adjacent to an activating group) is 1. The average molecular weight is 375 g/mol. The molecule has 1 aromatic carbocycles. The molecule has 0 spiro atoms. The lowest BCUT2D eigenvalue weighted by atomic mass is 10.0. The molecule has 2 aliphatic heterocycles. The van der Waals surface area contributed by atoms with E-state index in [1.54, 1.807) is 14.2 Å². The van der Waals surface area contributed by atoms with Gasteiger partial charge in [0.05, 0.1) is 30.7 Å². The predicted molar refractivity (Wildman–Crippen MR) is 93.8 cm³/mol. The monoisotopic (exact) mass is 374 g/mol. The average Bonchev–Trinajstić information content (AvgIpc) is 2.86. The SMILES string of the molecule is COc1cc(CN2CCN(C)[C@H]3CS(=O)(=O)C[C@H]32)cc(Cl)c1OC. The second-order valence-corrected chi connectivity index (χ2v) is 9.04. The zero-order valence-corrected chi connectivity index (χ0v) is 15.7. The summed E-state index contributed by atoms with van der Waals surface area (Å²) in [5.74, 6) is 1.58. The molecule has 1 aromatic rings. The third kappa shape index (κ3) is 3.35. The summed E-state index contributed by atoms with van der Waals surface area (Å²) in [6.45, 7) is 2.33. The Kier molecular flexibility index (Phi) is 4.97. The summed E-state index contributed by atoms with van der Waals surface area (Å²) in [6, 6.07) is 3.86. The molecule has 0 aromatic heterocycles. The first-order valence-corrected chi connectivity index (χ1v) is 10.1. The molecule has 0 aliphatic carbocycles. The lowest BCUT2D eigenvalue weighted by Gasteiger charge is -2.42. The second kappa shape index (κ2) is 6.71. The zero-order chi connectivity index (χ0) is 17.5. The maximum atomic E-state index is 12.1. The van der Waals surface area contributed by atoms with Crippen LogP contribution in [0.1, 0.15) is 5.56 Å². The maximum Gasteiger partial charge on any atom is 0.179 e. The number of nitrogens with zero attached hydrogens (tertiary/aromatic N) is 2. The summed E-state index contributed by atoms with van der Waals surface area (Å²) in [5.41, 5.74) is 0.991. The third-order valence-electron chi connectivity index (χ3n) is 4.95. The van der Waals surface area contributed by atoms with Gasteiger partial charge >= 0.3 is 0 Å². The minimum Gasteiger partial charge on any atom is -0.493 e. The second-order valence-electron chi connectivity index (χ2n) is 6.48. The van der Waals surface area contributed by atoms with E-state index in [9.17, 15) is 8.42 Å². The van der Waals surface area contributed by atoms with Gasteiger partial charge in [-0.05, 0) is 24.7 Å². The van der Waals surface area contributed by atoms with Gasteiger partial charge in [0.25, 0.3) is 0 Å². The van der Waals surface area contributed by atoms with Crippen LogP contribution in [0.3, 0.4) is 0 Å². The van der Waals surface area contributed by atoms with Crippen LogP contribution in [0.25, 0.3) is 0 Å². The van der Waals surface area contributed by atoms with Crippen molar-refractivity contribution < 1.29 is 17.9 Å². The Morgan fingerprint density at radius 2 is 1.88 bits per heavy atom. The van der Waals surface area contributed by atoms with Crippen molar-refractivity contribution in [1.82, 2.24) is 9.80 Å². The molecule has 8 heteroatoms. The van der Waals surface area contributed by atoms with Crippen molar-refractivity contribution in [1.29, 1.82) is 0 Å². The van der Waals surface area contributed by atoms with Crippen molar-refractivity contribution in [2.45, 2.75) is 18.6 Å². The molecule has 2 fully saturated rings. The summed E-state index contributed by atoms with van der Waals surface area (Å²) in [6.07, 6.45) is 0. The molecule has 24 heavy (non-hydrogen) atoms. The highest BCUT2D eigenvalue weighted by Crippen LogP contribution is 2.37. The standard InChI is InChI=1S/C16H23ClN2O4S/c1-18-4-5-19(14-10-24(20,21)9-13(14)18)8-11-6-12(17)16(23-3)15(7-11)22-2/h6-7,13-14H,4-5,8-10H2,1-3H3/t13-,14+/m0/s1. The van der Waals surface area contributed by atoms with Gasteiger partial charge in [-0.1, -0.05) is 11.6 Å². The number of hydrogen-bond donors (Lipinski definition) is 0. The van der Waals surface area contributed by atoms with E-state index in [4.69, 9.17) is 21.1 Å². The lowest BCUT2D eigenvalue weighted by molar-refractivity contribution is 0.0572. The molecule has 2 saturated heterocycles. The van der Waals surface area contributed by atoms with Crippen LogP contribution in [0.2, 0.25) is 5.02 Å². The van der Waals surface area contributed by atoms with Crippen molar-refractivity contribution in [3.8, 4) is 11.5 Å². The van der Waals surface area contributed by atoms with Crippen molar-refractivity contribution in [2.75, 3.05) is 45.9 Å². The van der Waals surface area contributed by atoms with E-state index in [0.717, 1.165) is 18.7 Å². The summed E-state index contributed by atoms with van der Waals surface area (Å²) < 4.78 is 34.8. The fourth-order valence-electron chi connectivity index (χ4n) is 3.69. The van der Waals surface area contributed by atoms with Crippen molar-refractivity contribution in [3.05, 3.63) is 22.7 Å². The van der Waals surface area contributed by atoms with E-state index in [1.807, 2.05) is 19.2 Å². The van der Waals surface area contributed by atoms with E-state index >= 15 is 0 Å². The first-order chi connectivity index (χ1) is 11.3. The van der Waals surface area contributed by atoms with Gasteiger partial charge in [0, 0.05) is 31.7 Å². The van der Waals surface area contributed by atoms with Crippen molar-refractivity contribution in [2.24, 2.45) is 0 Å². The number of fused-ring (bicyclic) bond motifs is 1. The first kappa shape index (κ1) is 17.8. The van der Waals surface area contributed by atoms with Crippen LogP contribution in [0.4, 0.5) is 0 Å². The number of ether oxygens (including phenoxy) is 2. The Bertz CT molecular complexity index is 725. The minimum absolute atomic E-state index is 0.0284. The molecule has 2 heterocycles. The molecular weight excluding hydrogens is 352 g/mol. The lowest BCUT2D eigenvalue weighted by Crippen LogP contribution is -2.57. The van der Waals surface area contributed by atoms with Crippen LogP contribution in [-0.2, 0) is 16.4 Å². The molecule has 0 radical (unpaired) electrons. The molecule has 0 unspecified atom stereocenters. The number of rotatable bonds is 4. The van der Waals surface area contributed by atoms with Gasteiger partial charge in [-0.3, -0.25) is 9.80 Å². The Hall–Kier alpha value is -1.02. The minimum atomic E-state index is -2.97. The molecule has 3 rings (SSSR count).